The normalized spacial score (nSPS) is 20.0. The summed E-state index contributed by atoms with van der Waals surface area (Å²) < 4.78 is 0. The predicted molar refractivity (Wildman–Crippen MR) is 81.1 cm³/mol. The summed E-state index contributed by atoms with van der Waals surface area (Å²) in [6.45, 7) is 4.39. The highest BCUT2D eigenvalue weighted by Gasteiger charge is 2.25. The second-order valence-electron chi connectivity index (χ2n) is 5.80. The van der Waals surface area contributed by atoms with Gasteiger partial charge in [-0.1, -0.05) is 13.0 Å². The molecule has 0 bridgehead atoms. The van der Waals surface area contributed by atoms with Crippen LogP contribution >= 0.6 is 0 Å². The number of aliphatic carboxylic acids is 1. The average molecular weight is 287 g/mol. The number of benzene rings is 1. The first-order chi connectivity index (χ1) is 10.2. The van der Waals surface area contributed by atoms with Gasteiger partial charge in [0.15, 0.2) is 0 Å². The molecule has 2 N–H and O–H groups in total. The number of hydrogen-bond acceptors (Lipinski definition) is 3. The number of aromatic nitrogens is 2. The van der Waals surface area contributed by atoms with Crippen molar-refractivity contribution in [3.63, 3.8) is 0 Å². The first-order valence-corrected chi connectivity index (χ1v) is 7.58. The highest BCUT2D eigenvalue weighted by molar-refractivity contribution is 5.75. The number of rotatable bonds is 4. The first kappa shape index (κ1) is 14.1. The fraction of sp³-hybridized carbons (Fsp3) is 0.500. The Hall–Kier alpha value is -1.88. The topological polar surface area (TPSA) is 69.2 Å². The van der Waals surface area contributed by atoms with Crippen LogP contribution in [0.5, 0.6) is 0 Å². The summed E-state index contributed by atoms with van der Waals surface area (Å²) >= 11 is 0. The second kappa shape index (κ2) is 5.85. The molecular weight excluding hydrogens is 266 g/mol. The zero-order chi connectivity index (χ0) is 14.8. The maximum absolute atomic E-state index is 11.1. The van der Waals surface area contributed by atoms with Crippen LogP contribution in [0, 0.1) is 5.92 Å². The van der Waals surface area contributed by atoms with E-state index in [0.717, 1.165) is 42.7 Å². The molecule has 0 saturated carbocycles. The molecule has 1 aliphatic heterocycles. The Balaban J connectivity index is 1.73. The summed E-state index contributed by atoms with van der Waals surface area (Å²) in [4.78, 5) is 21.3. The molecule has 2 heterocycles. The van der Waals surface area contributed by atoms with Gasteiger partial charge in [0.05, 0.1) is 23.5 Å². The monoisotopic (exact) mass is 287 g/mol. The van der Waals surface area contributed by atoms with Crippen molar-refractivity contribution in [2.75, 3.05) is 13.1 Å². The summed E-state index contributed by atoms with van der Waals surface area (Å²) in [6, 6.07) is 6.29. The van der Waals surface area contributed by atoms with Crippen LogP contribution in [-0.4, -0.2) is 39.0 Å². The number of piperidine rings is 1. The van der Waals surface area contributed by atoms with Gasteiger partial charge in [-0.25, -0.2) is 4.98 Å². The SMILES string of the molecule is CCc1ccc2nc(CN3CCCC(C(=O)O)C3)[nH]c2c1. The smallest absolute Gasteiger partial charge is 0.307 e. The molecule has 0 aliphatic carbocycles. The van der Waals surface area contributed by atoms with Crippen molar-refractivity contribution >= 4 is 17.0 Å². The Morgan fingerprint density at radius 2 is 2.38 bits per heavy atom. The van der Waals surface area contributed by atoms with Gasteiger partial charge in [-0.3, -0.25) is 9.69 Å². The van der Waals surface area contributed by atoms with Crippen molar-refractivity contribution in [3.8, 4) is 0 Å². The van der Waals surface area contributed by atoms with Crippen LogP contribution in [0.3, 0.4) is 0 Å². The number of likely N-dealkylation sites (tertiary alicyclic amines) is 1. The lowest BCUT2D eigenvalue weighted by molar-refractivity contribution is -0.143. The van der Waals surface area contributed by atoms with Crippen LogP contribution in [0.25, 0.3) is 11.0 Å². The van der Waals surface area contributed by atoms with Gasteiger partial charge in [0, 0.05) is 6.54 Å². The lowest BCUT2D eigenvalue weighted by Gasteiger charge is -2.29. The quantitative estimate of drug-likeness (QED) is 0.906. The maximum Gasteiger partial charge on any atom is 0.307 e. The number of carboxylic acids is 1. The number of H-pyrrole nitrogens is 1. The van der Waals surface area contributed by atoms with E-state index in [1.54, 1.807) is 0 Å². The van der Waals surface area contributed by atoms with Crippen molar-refractivity contribution in [3.05, 3.63) is 29.6 Å². The average Bonchev–Trinajstić information content (AvgIpc) is 2.88. The van der Waals surface area contributed by atoms with E-state index >= 15 is 0 Å². The number of aromatic amines is 1. The third-order valence-corrected chi connectivity index (χ3v) is 4.23. The number of carbonyl (C=O) groups is 1. The zero-order valence-electron chi connectivity index (χ0n) is 12.3. The van der Waals surface area contributed by atoms with Crippen molar-refractivity contribution < 1.29 is 9.90 Å². The maximum atomic E-state index is 11.1. The van der Waals surface area contributed by atoms with Gasteiger partial charge >= 0.3 is 5.97 Å². The Morgan fingerprint density at radius 1 is 1.52 bits per heavy atom. The predicted octanol–water partition coefficient (Wildman–Crippen LogP) is 2.42. The van der Waals surface area contributed by atoms with Crippen LogP contribution in [0.4, 0.5) is 0 Å². The number of aryl methyl sites for hydroxylation is 1. The molecule has 5 heteroatoms. The van der Waals surface area contributed by atoms with Gasteiger partial charge in [0.2, 0.25) is 0 Å². The number of nitrogens with zero attached hydrogens (tertiary/aromatic N) is 2. The molecule has 5 nitrogen and oxygen atoms in total. The highest BCUT2D eigenvalue weighted by atomic mass is 16.4. The highest BCUT2D eigenvalue weighted by Crippen LogP contribution is 2.20. The summed E-state index contributed by atoms with van der Waals surface area (Å²) in [5.74, 6) is -0.00370. The molecule has 1 atom stereocenters. The van der Waals surface area contributed by atoms with Crippen molar-refractivity contribution in [2.45, 2.75) is 32.7 Å². The fourth-order valence-corrected chi connectivity index (χ4v) is 3.02. The molecule has 1 fully saturated rings. The van der Waals surface area contributed by atoms with E-state index < -0.39 is 5.97 Å². The molecule has 21 heavy (non-hydrogen) atoms. The molecule has 1 unspecified atom stereocenters. The van der Waals surface area contributed by atoms with Crippen LogP contribution in [0.2, 0.25) is 0 Å². The number of imidazole rings is 1. The standard InChI is InChI=1S/C16H21N3O2/c1-2-11-5-6-13-14(8-11)18-15(17-13)10-19-7-3-4-12(9-19)16(20)21/h5-6,8,12H,2-4,7,9-10H2,1H3,(H,17,18)(H,20,21). The molecule has 1 aromatic heterocycles. The van der Waals surface area contributed by atoms with Crippen molar-refractivity contribution in [2.24, 2.45) is 5.92 Å². The summed E-state index contributed by atoms with van der Waals surface area (Å²) in [7, 11) is 0. The van der Waals surface area contributed by atoms with Crippen LogP contribution < -0.4 is 0 Å². The van der Waals surface area contributed by atoms with Gasteiger partial charge in [-0.05, 0) is 43.5 Å². The van der Waals surface area contributed by atoms with E-state index in [9.17, 15) is 4.79 Å². The van der Waals surface area contributed by atoms with Crippen LogP contribution in [-0.2, 0) is 17.8 Å². The minimum Gasteiger partial charge on any atom is -0.481 e. The molecular formula is C16H21N3O2. The summed E-state index contributed by atoms with van der Waals surface area (Å²) in [5, 5.41) is 9.14. The Labute approximate surface area is 124 Å². The van der Waals surface area contributed by atoms with Crippen LogP contribution in [0.1, 0.15) is 31.2 Å². The number of nitrogens with one attached hydrogen (secondary N) is 1. The second-order valence-corrected chi connectivity index (χ2v) is 5.80. The third-order valence-electron chi connectivity index (χ3n) is 4.23. The van der Waals surface area contributed by atoms with E-state index in [4.69, 9.17) is 5.11 Å². The van der Waals surface area contributed by atoms with Crippen molar-refractivity contribution in [1.82, 2.24) is 14.9 Å². The lowest BCUT2D eigenvalue weighted by Crippen LogP contribution is -2.38. The van der Waals surface area contributed by atoms with Crippen LogP contribution in [0.15, 0.2) is 18.2 Å². The molecule has 112 valence electrons. The van der Waals surface area contributed by atoms with E-state index in [-0.39, 0.29) is 5.92 Å². The lowest BCUT2D eigenvalue weighted by atomic mass is 9.98. The zero-order valence-corrected chi connectivity index (χ0v) is 12.3. The Morgan fingerprint density at radius 3 is 3.14 bits per heavy atom. The van der Waals surface area contributed by atoms with Crippen molar-refractivity contribution in [1.29, 1.82) is 0 Å². The van der Waals surface area contributed by atoms with E-state index in [1.807, 2.05) is 6.07 Å². The molecule has 1 saturated heterocycles. The molecule has 3 rings (SSSR count). The van der Waals surface area contributed by atoms with Gasteiger partial charge in [-0.15, -0.1) is 0 Å². The molecule has 1 aromatic carbocycles. The third kappa shape index (κ3) is 3.08. The molecule has 0 spiro atoms. The van der Waals surface area contributed by atoms with E-state index in [0.29, 0.717) is 13.1 Å². The fourth-order valence-electron chi connectivity index (χ4n) is 3.02. The minimum absolute atomic E-state index is 0.241. The van der Waals surface area contributed by atoms with E-state index in [1.165, 1.54) is 5.56 Å². The number of fused-ring (bicyclic) bond motifs is 1. The first-order valence-electron chi connectivity index (χ1n) is 7.58. The van der Waals surface area contributed by atoms with Gasteiger partial charge in [0.25, 0.3) is 0 Å². The molecule has 2 aromatic rings. The molecule has 0 radical (unpaired) electrons. The molecule has 0 amide bonds. The Bertz CT molecular complexity index is 650. The minimum atomic E-state index is -0.683. The van der Waals surface area contributed by atoms with Gasteiger partial charge < -0.3 is 10.1 Å². The Kier molecular flexibility index (Phi) is 3.92. The largest absolute Gasteiger partial charge is 0.481 e. The molecule has 1 aliphatic rings. The van der Waals surface area contributed by atoms with E-state index in [2.05, 4.69) is 33.9 Å². The number of carboxylic acid groups (broad SMARTS) is 1. The number of hydrogen-bond donors (Lipinski definition) is 2. The van der Waals surface area contributed by atoms with Gasteiger partial charge in [0.1, 0.15) is 5.82 Å². The van der Waals surface area contributed by atoms with Gasteiger partial charge in [-0.2, -0.15) is 0 Å². The summed E-state index contributed by atoms with van der Waals surface area (Å²) in [5.41, 5.74) is 3.34. The summed E-state index contributed by atoms with van der Waals surface area (Å²) in [6.07, 6.45) is 2.74.